The molecule has 36 heavy (non-hydrogen) atoms. The van der Waals surface area contributed by atoms with Gasteiger partial charge >= 0.3 is 5.69 Å². The number of carbonyl (C=O) groups is 4. The number of nitrogens with two attached hydrogens (primary N) is 1. The first-order valence-corrected chi connectivity index (χ1v) is 11.3. The zero-order valence-electron chi connectivity index (χ0n) is 19.4. The maximum absolute atomic E-state index is 14.0. The van der Waals surface area contributed by atoms with E-state index in [0.29, 0.717) is 16.8 Å². The van der Waals surface area contributed by atoms with Gasteiger partial charge in [-0.15, -0.1) is 0 Å². The van der Waals surface area contributed by atoms with Gasteiger partial charge in [0.2, 0.25) is 23.6 Å². The van der Waals surface area contributed by atoms with Crippen LogP contribution in [0.3, 0.4) is 0 Å². The molecule has 3 aliphatic heterocycles. The Morgan fingerprint density at radius 2 is 1.94 bits per heavy atom. The number of aryl methyl sites for hydroxylation is 1. The fourth-order valence-electron chi connectivity index (χ4n) is 5.75. The summed E-state index contributed by atoms with van der Waals surface area (Å²) in [4.78, 5) is 64.6. The minimum Gasteiger partial charge on any atom is -0.490 e. The lowest BCUT2D eigenvalue weighted by Crippen LogP contribution is -2.53. The minimum absolute atomic E-state index is 0.0495. The first-order valence-electron chi connectivity index (χ1n) is 11.3. The van der Waals surface area contributed by atoms with E-state index in [2.05, 4.69) is 10.6 Å². The first-order chi connectivity index (χ1) is 17.1. The second-order valence-electron chi connectivity index (χ2n) is 9.15. The maximum atomic E-state index is 14.0. The second-order valence-corrected chi connectivity index (χ2v) is 9.15. The lowest BCUT2D eigenvalue weighted by Gasteiger charge is -2.29. The highest BCUT2D eigenvalue weighted by Crippen LogP contribution is 2.54. The van der Waals surface area contributed by atoms with Crippen molar-refractivity contribution in [2.75, 3.05) is 17.3 Å². The van der Waals surface area contributed by atoms with Crippen molar-refractivity contribution in [2.45, 2.75) is 31.3 Å². The molecule has 12 heteroatoms. The number of carbonyl (C=O) groups excluding carboxylic acids is 4. The monoisotopic (exact) mass is 493 g/mol. The zero-order valence-corrected chi connectivity index (χ0v) is 19.4. The average molecular weight is 493 g/mol. The van der Waals surface area contributed by atoms with Crippen LogP contribution in [0, 0.1) is 28.9 Å². The Balaban J connectivity index is 1.66. The van der Waals surface area contributed by atoms with Gasteiger partial charge in [0.15, 0.2) is 5.75 Å². The van der Waals surface area contributed by atoms with E-state index >= 15 is 0 Å². The average Bonchev–Trinajstić information content (AvgIpc) is 3.42. The fourth-order valence-corrected chi connectivity index (χ4v) is 5.75. The number of methoxy groups -OCH3 is 1. The summed E-state index contributed by atoms with van der Waals surface area (Å²) in [6, 6.07) is 8.73. The van der Waals surface area contributed by atoms with E-state index in [4.69, 9.17) is 10.5 Å². The van der Waals surface area contributed by atoms with Gasteiger partial charge in [-0.2, -0.15) is 0 Å². The molecule has 0 bridgehead atoms. The van der Waals surface area contributed by atoms with Gasteiger partial charge < -0.3 is 15.8 Å². The number of hydrogen-bond donors (Lipinski definition) is 3. The molecule has 4 atom stereocenters. The molecule has 0 unspecified atom stereocenters. The van der Waals surface area contributed by atoms with Crippen molar-refractivity contribution >= 4 is 40.7 Å². The number of nitro groups is 1. The van der Waals surface area contributed by atoms with Crippen molar-refractivity contribution in [1.29, 1.82) is 0 Å². The number of hydrogen-bond acceptors (Lipinski definition) is 8. The van der Waals surface area contributed by atoms with Crippen LogP contribution in [-0.4, -0.2) is 41.7 Å². The Morgan fingerprint density at radius 3 is 2.61 bits per heavy atom. The van der Waals surface area contributed by atoms with Crippen LogP contribution in [0.4, 0.5) is 17.1 Å². The predicted octanol–water partition coefficient (Wildman–Crippen LogP) is 1.10. The Labute approximate surface area is 204 Å². The molecule has 0 aromatic heterocycles. The van der Waals surface area contributed by atoms with Crippen molar-refractivity contribution in [2.24, 2.45) is 17.6 Å². The molecule has 0 saturated carbocycles. The van der Waals surface area contributed by atoms with Crippen molar-refractivity contribution in [3.8, 4) is 5.75 Å². The van der Waals surface area contributed by atoms with Gasteiger partial charge in [-0.25, -0.2) is 4.90 Å². The van der Waals surface area contributed by atoms with Crippen molar-refractivity contribution in [1.82, 2.24) is 5.32 Å². The van der Waals surface area contributed by atoms with E-state index in [-0.39, 0.29) is 30.0 Å². The van der Waals surface area contributed by atoms with Crippen molar-refractivity contribution in [3.05, 3.63) is 57.6 Å². The highest BCUT2D eigenvalue weighted by atomic mass is 16.6. The summed E-state index contributed by atoms with van der Waals surface area (Å²) in [5, 5.41) is 17.5. The Bertz CT molecular complexity index is 1360. The molecule has 0 radical (unpaired) electrons. The standard InChI is InChI=1S/C24H23N5O7/c1-11-9-16(29(34)35)17(36-2)10-15(11)28-21(31)19-14(7-8-18(25)30)27-24(20(19)22(28)32)12-5-3-4-6-13(12)26-23(24)33/h3-6,9-10,14,19-20,27H,7-8H2,1-2H3,(H2,25,30)(H,26,33)/t14-,19+,20-,24+/m0/s1. The molecule has 4 amide bonds. The van der Waals surface area contributed by atoms with Crippen molar-refractivity contribution < 1.29 is 28.8 Å². The third-order valence-corrected chi connectivity index (χ3v) is 7.26. The number of para-hydroxylation sites is 1. The van der Waals surface area contributed by atoms with E-state index in [1.165, 1.54) is 19.2 Å². The summed E-state index contributed by atoms with van der Waals surface area (Å²) in [6.45, 7) is 1.55. The molecule has 2 fully saturated rings. The topological polar surface area (TPSA) is 174 Å². The zero-order chi connectivity index (χ0) is 25.9. The number of anilines is 2. The molecule has 3 heterocycles. The van der Waals surface area contributed by atoms with Crippen LogP contribution in [0.1, 0.15) is 24.0 Å². The second kappa shape index (κ2) is 8.12. The van der Waals surface area contributed by atoms with Crippen molar-refractivity contribution in [3.63, 3.8) is 0 Å². The van der Waals surface area contributed by atoms with E-state index in [0.717, 1.165) is 4.90 Å². The van der Waals surface area contributed by atoms with E-state index in [1.807, 2.05) is 0 Å². The third-order valence-electron chi connectivity index (χ3n) is 7.26. The van der Waals surface area contributed by atoms with E-state index in [9.17, 15) is 29.3 Å². The molecule has 2 aromatic rings. The predicted molar refractivity (Wildman–Crippen MR) is 126 cm³/mol. The number of rotatable bonds is 6. The lowest BCUT2D eigenvalue weighted by molar-refractivity contribution is -0.385. The van der Waals surface area contributed by atoms with Gasteiger partial charge in [0.05, 0.1) is 29.6 Å². The number of nitro benzene ring substituents is 1. The summed E-state index contributed by atoms with van der Waals surface area (Å²) < 4.78 is 5.15. The summed E-state index contributed by atoms with van der Waals surface area (Å²) in [5.74, 6) is -4.41. The van der Waals surface area contributed by atoms with Crippen LogP contribution in [0.15, 0.2) is 36.4 Å². The van der Waals surface area contributed by atoms with Gasteiger partial charge in [0.1, 0.15) is 5.54 Å². The Morgan fingerprint density at radius 1 is 1.22 bits per heavy atom. The summed E-state index contributed by atoms with van der Waals surface area (Å²) in [7, 11) is 1.25. The fraction of sp³-hybridized carbons (Fsp3) is 0.333. The molecule has 1 spiro atoms. The first kappa shape index (κ1) is 23.4. The van der Waals surface area contributed by atoms with Gasteiger partial charge in [0.25, 0.3) is 0 Å². The highest BCUT2D eigenvalue weighted by molar-refractivity contribution is 6.26. The number of nitrogens with zero attached hydrogens (tertiary/aromatic N) is 2. The molecule has 186 valence electrons. The number of primary amides is 1. The normalized spacial score (nSPS) is 26.2. The molecule has 5 rings (SSSR count). The van der Waals surface area contributed by atoms with Crippen LogP contribution >= 0.6 is 0 Å². The molecule has 12 nitrogen and oxygen atoms in total. The SMILES string of the molecule is COc1cc(N2C(=O)[C@@H]3[C@H](CCC(N)=O)N[C@@]4(C(=O)Nc5ccccc54)[C@@H]3C2=O)c(C)cc1[N+](=O)[O-]. The van der Waals surface area contributed by atoms with Crippen LogP contribution in [-0.2, 0) is 24.7 Å². The Kier molecular flexibility index (Phi) is 5.29. The summed E-state index contributed by atoms with van der Waals surface area (Å²) >= 11 is 0. The smallest absolute Gasteiger partial charge is 0.311 e. The molecule has 2 aromatic carbocycles. The van der Waals surface area contributed by atoms with Crippen LogP contribution < -0.4 is 26.0 Å². The number of fused-ring (bicyclic) bond motifs is 4. The molecule has 4 N–H and O–H groups in total. The number of imide groups is 1. The molecule has 0 aliphatic carbocycles. The van der Waals surface area contributed by atoms with Gasteiger partial charge in [0, 0.05) is 35.8 Å². The molecule has 2 saturated heterocycles. The lowest BCUT2D eigenvalue weighted by atomic mass is 9.76. The molecule has 3 aliphatic rings. The van der Waals surface area contributed by atoms with E-state index in [1.54, 1.807) is 31.2 Å². The largest absolute Gasteiger partial charge is 0.490 e. The van der Waals surface area contributed by atoms with Crippen LogP contribution in [0.25, 0.3) is 0 Å². The summed E-state index contributed by atoms with van der Waals surface area (Å²) in [5.41, 5.74) is 5.03. The summed E-state index contributed by atoms with van der Waals surface area (Å²) in [6.07, 6.45) is 0.0925. The third kappa shape index (κ3) is 3.10. The maximum Gasteiger partial charge on any atom is 0.311 e. The number of nitrogens with one attached hydrogen (secondary N) is 2. The van der Waals surface area contributed by atoms with Crippen LogP contribution in [0.2, 0.25) is 0 Å². The van der Waals surface area contributed by atoms with E-state index < -0.39 is 52.0 Å². The quantitative estimate of drug-likeness (QED) is 0.305. The minimum atomic E-state index is -1.52. The number of benzene rings is 2. The highest BCUT2D eigenvalue weighted by Gasteiger charge is 2.70. The van der Waals surface area contributed by atoms with Crippen LogP contribution in [0.5, 0.6) is 5.75 Å². The number of ether oxygens (including phenoxy) is 1. The molecular weight excluding hydrogens is 470 g/mol. The number of amides is 4. The Hall–Kier alpha value is -4.32. The van der Waals surface area contributed by atoms with Gasteiger partial charge in [-0.1, -0.05) is 18.2 Å². The van der Waals surface area contributed by atoms with Gasteiger partial charge in [-0.05, 0) is 25.0 Å². The molecular formula is C24H23N5O7. The van der Waals surface area contributed by atoms with Gasteiger partial charge in [-0.3, -0.25) is 34.6 Å².